The van der Waals surface area contributed by atoms with Crippen molar-refractivity contribution >= 4 is 21.6 Å². The molecule has 0 spiro atoms. The van der Waals surface area contributed by atoms with E-state index in [-0.39, 0.29) is 15.5 Å². The number of halogens is 1. The first-order chi connectivity index (χ1) is 9.97. The van der Waals surface area contributed by atoms with Crippen molar-refractivity contribution in [2.75, 3.05) is 13.1 Å². The van der Waals surface area contributed by atoms with Gasteiger partial charge < -0.3 is 0 Å². The van der Waals surface area contributed by atoms with Crippen molar-refractivity contribution in [1.82, 2.24) is 4.31 Å². The van der Waals surface area contributed by atoms with Crippen LogP contribution >= 0.6 is 11.6 Å². The van der Waals surface area contributed by atoms with Crippen molar-refractivity contribution in [1.29, 1.82) is 5.26 Å². The van der Waals surface area contributed by atoms with Gasteiger partial charge in [0.15, 0.2) is 0 Å². The van der Waals surface area contributed by atoms with Crippen LogP contribution in [0.1, 0.15) is 45.1 Å². The normalized spacial score (nSPS) is 11.6. The standard InChI is InChI=1S/C15H21ClN2O2S/c1-3-5-9-18(10-6-4-2)21(19,20)14-8-7-13(12-17)15(16)11-14/h7-8,11H,3-6,9-10H2,1-2H3. The topological polar surface area (TPSA) is 61.2 Å². The summed E-state index contributed by atoms with van der Waals surface area (Å²) in [5, 5.41) is 9.03. The van der Waals surface area contributed by atoms with Crippen LogP contribution in [0.15, 0.2) is 23.1 Å². The SMILES string of the molecule is CCCCN(CCCC)S(=O)(=O)c1ccc(C#N)c(Cl)c1. The molecule has 0 fully saturated rings. The number of benzene rings is 1. The Labute approximate surface area is 132 Å². The van der Waals surface area contributed by atoms with Gasteiger partial charge in [-0.1, -0.05) is 38.3 Å². The molecular formula is C15H21ClN2O2S. The molecule has 0 heterocycles. The highest BCUT2D eigenvalue weighted by Crippen LogP contribution is 2.23. The Morgan fingerprint density at radius 3 is 2.19 bits per heavy atom. The molecule has 21 heavy (non-hydrogen) atoms. The van der Waals surface area contributed by atoms with Gasteiger partial charge in [0.25, 0.3) is 0 Å². The van der Waals surface area contributed by atoms with E-state index in [1.165, 1.54) is 22.5 Å². The summed E-state index contributed by atoms with van der Waals surface area (Å²) in [4.78, 5) is 0.152. The zero-order valence-electron chi connectivity index (χ0n) is 12.5. The molecule has 0 aliphatic rings. The van der Waals surface area contributed by atoms with Gasteiger partial charge >= 0.3 is 0 Å². The summed E-state index contributed by atoms with van der Waals surface area (Å²) in [6, 6.07) is 6.19. The fraction of sp³-hybridized carbons (Fsp3) is 0.533. The minimum atomic E-state index is -3.55. The van der Waals surface area contributed by atoms with E-state index < -0.39 is 10.0 Å². The fourth-order valence-corrected chi connectivity index (χ4v) is 3.75. The van der Waals surface area contributed by atoms with Gasteiger partial charge in [-0.15, -0.1) is 0 Å². The maximum Gasteiger partial charge on any atom is 0.243 e. The molecule has 1 aromatic rings. The Hall–Kier alpha value is -1.09. The van der Waals surface area contributed by atoms with Crippen LogP contribution < -0.4 is 0 Å². The average molecular weight is 329 g/mol. The predicted octanol–water partition coefficient (Wildman–Crippen LogP) is 3.80. The Morgan fingerprint density at radius 1 is 1.19 bits per heavy atom. The molecule has 116 valence electrons. The number of rotatable bonds is 8. The van der Waals surface area contributed by atoms with Gasteiger partial charge in [-0.05, 0) is 31.0 Å². The second-order valence-corrected chi connectivity index (χ2v) is 7.21. The summed E-state index contributed by atoms with van der Waals surface area (Å²) < 4.78 is 26.9. The predicted molar refractivity (Wildman–Crippen MR) is 84.7 cm³/mol. The zero-order valence-corrected chi connectivity index (χ0v) is 14.0. The number of nitriles is 1. The molecule has 0 aliphatic heterocycles. The number of hydrogen-bond donors (Lipinski definition) is 0. The maximum atomic E-state index is 12.7. The number of sulfonamides is 1. The summed E-state index contributed by atoms with van der Waals surface area (Å²) in [5.74, 6) is 0. The first-order valence-electron chi connectivity index (χ1n) is 7.17. The maximum absolute atomic E-state index is 12.7. The molecular weight excluding hydrogens is 308 g/mol. The van der Waals surface area contributed by atoms with Gasteiger partial charge in [0, 0.05) is 13.1 Å². The van der Waals surface area contributed by atoms with E-state index >= 15 is 0 Å². The lowest BCUT2D eigenvalue weighted by molar-refractivity contribution is 0.395. The van der Waals surface area contributed by atoms with E-state index in [9.17, 15) is 8.42 Å². The summed E-state index contributed by atoms with van der Waals surface area (Å²) >= 11 is 5.94. The van der Waals surface area contributed by atoms with Gasteiger partial charge in [-0.2, -0.15) is 9.57 Å². The van der Waals surface area contributed by atoms with Crippen LogP contribution in [0.5, 0.6) is 0 Å². The van der Waals surface area contributed by atoms with E-state index in [1.807, 2.05) is 19.9 Å². The van der Waals surface area contributed by atoms with Crippen LogP contribution in [-0.2, 0) is 10.0 Å². The molecule has 0 saturated heterocycles. The van der Waals surface area contributed by atoms with Crippen LogP contribution in [-0.4, -0.2) is 25.8 Å². The first kappa shape index (κ1) is 18.0. The molecule has 0 aromatic heterocycles. The third-order valence-electron chi connectivity index (χ3n) is 3.22. The van der Waals surface area contributed by atoms with E-state index in [0.29, 0.717) is 13.1 Å². The molecule has 1 rings (SSSR count). The minimum Gasteiger partial charge on any atom is -0.207 e. The second kappa shape index (κ2) is 8.38. The van der Waals surface area contributed by atoms with Crippen molar-refractivity contribution in [3.63, 3.8) is 0 Å². The summed E-state index contributed by atoms with van der Waals surface area (Å²) in [5.41, 5.74) is 0.282. The van der Waals surface area contributed by atoms with Gasteiger partial charge in [0.1, 0.15) is 6.07 Å². The molecule has 0 amide bonds. The van der Waals surface area contributed by atoms with E-state index in [1.54, 1.807) is 0 Å². The summed E-state index contributed by atoms with van der Waals surface area (Å²) in [6.45, 7) is 5.08. The molecule has 0 bridgehead atoms. The molecule has 0 N–H and O–H groups in total. The van der Waals surface area contributed by atoms with Crippen molar-refractivity contribution < 1.29 is 8.42 Å². The van der Waals surface area contributed by atoms with Gasteiger partial charge in [-0.25, -0.2) is 8.42 Å². The third kappa shape index (κ3) is 4.70. The quantitative estimate of drug-likeness (QED) is 0.729. The summed E-state index contributed by atoms with van der Waals surface area (Å²) in [7, 11) is -3.55. The van der Waals surface area contributed by atoms with Crippen LogP contribution in [0, 0.1) is 11.3 Å². The Bertz CT molecular complexity index is 601. The van der Waals surface area contributed by atoms with Crippen LogP contribution in [0.4, 0.5) is 0 Å². The lowest BCUT2D eigenvalue weighted by Crippen LogP contribution is -2.33. The third-order valence-corrected chi connectivity index (χ3v) is 5.43. The molecule has 6 heteroatoms. The average Bonchev–Trinajstić information content (AvgIpc) is 2.47. The van der Waals surface area contributed by atoms with Crippen molar-refractivity contribution in [2.24, 2.45) is 0 Å². The first-order valence-corrected chi connectivity index (χ1v) is 8.99. The van der Waals surface area contributed by atoms with Crippen LogP contribution in [0.2, 0.25) is 5.02 Å². The highest BCUT2D eigenvalue weighted by Gasteiger charge is 2.24. The second-order valence-electron chi connectivity index (χ2n) is 4.86. The van der Waals surface area contributed by atoms with Gasteiger partial charge in [0.2, 0.25) is 10.0 Å². The zero-order chi connectivity index (χ0) is 15.9. The van der Waals surface area contributed by atoms with Gasteiger partial charge in [-0.3, -0.25) is 0 Å². The molecule has 1 aromatic carbocycles. The minimum absolute atomic E-state index is 0.152. The lowest BCUT2D eigenvalue weighted by atomic mass is 10.2. The van der Waals surface area contributed by atoms with E-state index in [0.717, 1.165) is 25.7 Å². The van der Waals surface area contributed by atoms with Crippen LogP contribution in [0.3, 0.4) is 0 Å². The fourth-order valence-electron chi connectivity index (χ4n) is 1.92. The van der Waals surface area contributed by atoms with E-state index in [4.69, 9.17) is 16.9 Å². The highest BCUT2D eigenvalue weighted by molar-refractivity contribution is 7.89. The largest absolute Gasteiger partial charge is 0.243 e. The smallest absolute Gasteiger partial charge is 0.207 e. The monoisotopic (exact) mass is 328 g/mol. The molecule has 0 unspecified atom stereocenters. The highest BCUT2D eigenvalue weighted by atomic mass is 35.5. The molecule has 0 radical (unpaired) electrons. The number of nitrogens with zero attached hydrogens (tertiary/aromatic N) is 2. The van der Waals surface area contributed by atoms with Crippen molar-refractivity contribution in [3.8, 4) is 6.07 Å². The molecule has 0 aliphatic carbocycles. The van der Waals surface area contributed by atoms with Crippen molar-refractivity contribution in [2.45, 2.75) is 44.4 Å². The Kier molecular flexibility index (Phi) is 7.16. The van der Waals surface area contributed by atoms with Crippen LogP contribution in [0.25, 0.3) is 0 Å². The number of hydrogen-bond acceptors (Lipinski definition) is 3. The summed E-state index contributed by atoms with van der Waals surface area (Å²) in [6.07, 6.45) is 3.53. The Morgan fingerprint density at radius 2 is 1.76 bits per heavy atom. The number of unbranched alkanes of at least 4 members (excludes halogenated alkanes) is 2. The van der Waals surface area contributed by atoms with Crippen molar-refractivity contribution in [3.05, 3.63) is 28.8 Å². The Balaban J connectivity index is 3.09. The molecule has 0 atom stereocenters. The lowest BCUT2D eigenvalue weighted by Gasteiger charge is -2.22. The van der Waals surface area contributed by atoms with E-state index in [2.05, 4.69) is 0 Å². The van der Waals surface area contributed by atoms with Gasteiger partial charge in [0.05, 0.1) is 15.5 Å². The molecule has 4 nitrogen and oxygen atoms in total. The molecule has 0 saturated carbocycles.